The number of rotatable bonds is 5. The number of Topliss-reactive ketones (excluding diaryl/α,β-unsaturated/α-hetero) is 1. The van der Waals surface area contributed by atoms with Gasteiger partial charge >= 0.3 is 0 Å². The van der Waals surface area contributed by atoms with E-state index in [2.05, 4.69) is 54.0 Å². The van der Waals surface area contributed by atoms with E-state index in [1.54, 1.807) is 0 Å². The van der Waals surface area contributed by atoms with Crippen molar-refractivity contribution in [3.63, 3.8) is 0 Å². The van der Waals surface area contributed by atoms with Crippen LogP contribution in [-0.2, 0) is 17.6 Å². The molecule has 0 bridgehead atoms. The summed E-state index contributed by atoms with van der Waals surface area (Å²) in [5.41, 5.74) is 3.45. The number of benzene rings is 2. The fourth-order valence-corrected chi connectivity index (χ4v) is 2.59. The van der Waals surface area contributed by atoms with Gasteiger partial charge in [0, 0.05) is 17.3 Å². The summed E-state index contributed by atoms with van der Waals surface area (Å²) in [5.74, 6) is 0.772. The summed E-state index contributed by atoms with van der Waals surface area (Å²) >= 11 is 3.48. The van der Waals surface area contributed by atoms with Crippen molar-refractivity contribution < 1.29 is 4.79 Å². The Morgan fingerprint density at radius 3 is 2.25 bits per heavy atom. The fraction of sp³-hybridized carbons (Fsp3) is 0.278. The number of hydrogen-bond acceptors (Lipinski definition) is 1. The van der Waals surface area contributed by atoms with Crippen LogP contribution in [0.1, 0.15) is 36.5 Å². The molecule has 0 saturated heterocycles. The minimum Gasteiger partial charge on any atom is -0.299 e. The molecule has 0 saturated carbocycles. The molecular formula is C18H19BrO. The smallest absolute Gasteiger partial charge is 0.141 e. The molecule has 1 nitrogen and oxygen atoms in total. The van der Waals surface area contributed by atoms with Gasteiger partial charge in [0.1, 0.15) is 5.78 Å². The van der Waals surface area contributed by atoms with Gasteiger partial charge in [0.2, 0.25) is 0 Å². The van der Waals surface area contributed by atoms with Gasteiger partial charge in [-0.1, -0.05) is 72.2 Å². The van der Waals surface area contributed by atoms with Gasteiger partial charge in [-0.2, -0.15) is 0 Å². The van der Waals surface area contributed by atoms with Crippen molar-refractivity contribution in [1.82, 2.24) is 0 Å². The first-order chi connectivity index (χ1) is 9.56. The molecule has 2 aromatic rings. The van der Waals surface area contributed by atoms with Gasteiger partial charge in [0.15, 0.2) is 0 Å². The molecule has 0 N–H and O–H groups in total. The summed E-state index contributed by atoms with van der Waals surface area (Å²) in [5, 5.41) is 0. The van der Waals surface area contributed by atoms with Crippen molar-refractivity contribution in [3.8, 4) is 0 Å². The maximum Gasteiger partial charge on any atom is 0.141 e. The van der Waals surface area contributed by atoms with Gasteiger partial charge in [0.05, 0.1) is 0 Å². The summed E-state index contributed by atoms with van der Waals surface area (Å²) < 4.78 is 1.00. The molecule has 0 atom stereocenters. The Hall–Kier alpha value is -1.41. The first kappa shape index (κ1) is 15.0. The van der Waals surface area contributed by atoms with Crippen molar-refractivity contribution in [3.05, 3.63) is 69.7 Å². The summed E-state index contributed by atoms with van der Waals surface area (Å²) in [6.45, 7) is 4.35. The average Bonchev–Trinajstić information content (AvgIpc) is 2.42. The van der Waals surface area contributed by atoms with E-state index in [0.717, 1.165) is 15.6 Å². The van der Waals surface area contributed by atoms with Crippen LogP contribution in [0, 0.1) is 0 Å². The summed E-state index contributed by atoms with van der Waals surface area (Å²) in [4.78, 5) is 12.1. The normalized spacial score (nSPS) is 10.8. The van der Waals surface area contributed by atoms with Crippen LogP contribution in [0.4, 0.5) is 0 Å². The van der Waals surface area contributed by atoms with E-state index in [9.17, 15) is 4.79 Å². The van der Waals surface area contributed by atoms with E-state index in [4.69, 9.17) is 0 Å². The maximum absolute atomic E-state index is 12.1. The molecule has 0 fully saturated rings. The van der Waals surface area contributed by atoms with Crippen LogP contribution in [0.3, 0.4) is 0 Å². The van der Waals surface area contributed by atoms with Crippen molar-refractivity contribution in [2.75, 3.05) is 0 Å². The second-order valence-electron chi connectivity index (χ2n) is 5.38. The molecule has 0 spiro atoms. The largest absolute Gasteiger partial charge is 0.299 e. The lowest BCUT2D eigenvalue weighted by Crippen LogP contribution is -2.07. The molecule has 0 heterocycles. The third-order valence-corrected chi connectivity index (χ3v) is 4.17. The lowest BCUT2D eigenvalue weighted by molar-refractivity contribution is -0.117. The molecule has 0 aromatic heterocycles. The van der Waals surface area contributed by atoms with Crippen molar-refractivity contribution >= 4 is 21.7 Å². The SMILES string of the molecule is CC(C)c1ccc(CC(=O)Cc2ccccc2Br)cc1. The third kappa shape index (κ3) is 4.04. The Bertz CT molecular complexity index is 585. The average molecular weight is 331 g/mol. The van der Waals surface area contributed by atoms with Gasteiger partial charge in [-0.25, -0.2) is 0 Å². The molecule has 0 radical (unpaired) electrons. The number of halogens is 1. The van der Waals surface area contributed by atoms with E-state index >= 15 is 0 Å². The first-order valence-corrected chi connectivity index (χ1v) is 7.69. The van der Waals surface area contributed by atoms with Gasteiger partial charge in [0.25, 0.3) is 0 Å². The Labute approximate surface area is 129 Å². The number of carbonyl (C=O) groups excluding carboxylic acids is 1. The summed E-state index contributed by atoms with van der Waals surface area (Å²) in [6.07, 6.45) is 0.979. The number of ketones is 1. The van der Waals surface area contributed by atoms with Crippen LogP contribution in [0.25, 0.3) is 0 Å². The highest BCUT2D eigenvalue weighted by Crippen LogP contribution is 2.18. The van der Waals surface area contributed by atoms with Gasteiger partial charge in [-0.05, 0) is 28.7 Å². The van der Waals surface area contributed by atoms with Crippen LogP contribution in [0.2, 0.25) is 0 Å². The van der Waals surface area contributed by atoms with Crippen molar-refractivity contribution in [2.24, 2.45) is 0 Å². The Morgan fingerprint density at radius 1 is 1.00 bits per heavy atom. The lowest BCUT2D eigenvalue weighted by atomic mass is 9.98. The second kappa shape index (κ2) is 6.85. The predicted molar refractivity (Wildman–Crippen MR) is 87.1 cm³/mol. The van der Waals surface area contributed by atoms with Crippen LogP contribution < -0.4 is 0 Å². The monoisotopic (exact) mass is 330 g/mol. The number of carbonyl (C=O) groups is 1. The standard InChI is InChI=1S/C18H19BrO/c1-13(2)15-9-7-14(8-10-15)11-17(20)12-16-5-3-4-6-18(16)19/h3-10,13H,11-12H2,1-2H3. The molecular weight excluding hydrogens is 312 g/mol. The second-order valence-corrected chi connectivity index (χ2v) is 6.23. The van der Waals surface area contributed by atoms with E-state index in [0.29, 0.717) is 18.8 Å². The highest BCUT2D eigenvalue weighted by molar-refractivity contribution is 9.10. The van der Waals surface area contributed by atoms with Crippen LogP contribution in [0.5, 0.6) is 0 Å². The van der Waals surface area contributed by atoms with Crippen LogP contribution >= 0.6 is 15.9 Å². The van der Waals surface area contributed by atoms with Gasteiger partial charge in [-0.15, -0.1) is 0 Å². The number of hydrogen-bond donors (Lipinski definition) is 0. The molecule has 2 heteroatoms. The predicted octanol–water partition coefficient (Wildman–Crippen LogP) is 4.93. The van der Waals surface area contributed by atoms with Gasteiger partial charge in [-0.3, -0.25) is 4.79 Å². The topological polar surface area (TPSA) is 17.1 Å². The molecule has 20 heavy (non-hydrogen) atoms. The minimum absolute atomic E-state index is 0.245. The third-order valence-electron chi connectivity index (χ3n) is 3.39. The molecule has 104 valence electrons. The molecule has 2 aromatic carbocycles. The Morgan fingerprint density at radius 2 is 1.65 bits per heavy atom. The zero-order chi connectivity index (χ0) is 14.5. The highest BCUT2D eigenvalue weighted by Gasteiger charge is 2.08. The van der Waals surface area contributed by atoms with Crippen LogP contribution in [0.15, 0.2) is 53.0 Å². The molecule has 0 aliphatic rings. The summed E-state index contributed by atoms with van der Waals surface area (Å²) in [6, 6.07) is 16.2. The van der Waals surface area contributed by atoms with Crippen LogP contribution in [-0.4, -0.2) is 5.78 Å². The molecule has 2 rings (SSSR count). The van der Waals surface area contributed by atoms with E-state index in [1.807, 2.05) is 24.3 Å². The lowest BCUT2D eigenvalue weighted by Gasteiger charge is -2.07. The zero-order valence-corrected chi connectivity index (χ0v) is 13.5. The fourth-order valence-electron chi connectivity index (χ4n) is 2.16. The Kier molecular flexibility index (Phi) is 5.13. The molecule has 0 unspecified atom stereocenters. The minimum atomic E-state index is 0.245. The van der Waals surface area contributed by atoms with Gasteiger partial charge < -0.3 is 0 Å². The van der Waals surface area contributed by atoms with E-state index in [-0.39, 0.29) is 5.78 Å². The summed E-state index contributed by atoms with van der Waals surface area (Å²) in [7, 11) is 0. The van der Waals surface area contributed by atoms with E-state index < -0.39 is 0 Å². The quantitative estimate of drug-likeness (QED) is 0.759. The maximum atomic E-state index is 12.1. The highest BCUT2D eigenvalue weighted by atomic mass is 79.9. The first-order valence-electron chi connectivity index (χ1n) is 6.90. The molecule has 0 aliphatic heterocycles. The molecule has 0 amide bonds. The molecule has 0 aliphatic carbocycles. The van der Waals surface area contributed by atoms with Crippen molar-refractivity contribution in [2.45, 2.75) is 32.6 Å². The van der Waals surface area contributed by atoms with E-state index in [1.165, 1.54) is 5.56 Å². The van der Waals surface area contributed by atoms with Crippen molar-refractivity contribution in [1.29, 1.82) is 0 Å². The Balaban J connectivity index is 1.99. The zero-order valence-electron chi connectivity index (χ0n) is 11.9.